The molecular formula is C66H45N3Si. The molecule has 0 aliphatic carbocycles. The second kappa shape index (κ2) is 16.1. The molecule has 14 aromatic rings. The number of para-hydroxylation sites is 5. The molecule has 0 unspecified atom stereocenters. The average Bonchev–Trinajstić information content (AvgIpc) is 4.08. The minimum atomic E-state index is -3.09. The topological polar surface area (TPSA) is 14.8 Å². The number of rotatable bonds is 8. The number of fused-ring (bicyclic) bond motifs is 9. The van der Waals surface area contributed by atoms with Gasteiger partial charge < -0.3 is 13.7 Å². The lowest BCUT2D eigenvalue weighted by Gasteiger charge is -2.35. The lowest BCUT2D eigenvalue weighted by atomic mass is 10.1. The summed E-state index contributed by atoms with van der Waals surface area (Å²) in [5.74, 6) is 0. The van der Waals surface area contributed by atoms with E-state index in [1.54, 1.807) is 0 Å². The zero-order chi connectivity index (χ0) is 46.2. The van der Waals surface area contributed by atoms with Crippen LogP contribution in [-0.2, 0) is 0 Å². The molecule has 3 nitrogen and oxygen atoms in total. The largest absolute Gasteiger partial charge is 0.309 e. The maximum absolute atomic E-state index is 3.09. The molecular weight excluding hydrogens is 863 g/mol. The first-order chi connectivity index (χ1) is 34.8. The lowest BCUT2D eigenvalue weighted by molar-refractivity contribution is 1.13. The van der Waals surface area contributed by atoms with Gasteiger partial charge in [0.05, 0.1) is 38.8 Å². The third-order valence-electron chi connectivity index (χ3n) is 14.8. The van der Waals surface area contributed by atoms with Crippen LogP contribution in [0.2, 0.25) is 0 Å². The van der Waals surface area contributed by atoms with E-state index in [-0.39, 0.29) is 0 Å². The molecule has 70 heavy (non-hydrogen) atoms. The fourth-order valence-corrected chi connectivity index (χ4v) is 16.8. The van der Waals surface area contributed by atoms with Crippen molar-refractivity contribution in [1.29, 1.82) is 0 Å². The SMILES string of the molecule is c1ccc(-c2cccc(-n3c4ccccc4c4cccc(-n5c6ccc(-n7c8ccccc8c8ccccc87)cc6c6cccc([Si](c7ccccc7)(c7ccccc7)c7ccccc7)c65)c43)c2)cc1. The zero-order valence-electron chi connectivity index (χ0n) is 38.3. The van der Waals surface area contributed by atoms with E-state index in [0.717, 1.165) is 22.6 Å². The van der Waals surface area contributed by atoms with E-state index in [1.807, 2.05) is 0 Å². The monoisotopic (exact) mass is 907 g/mol. The number of hydrogen-bond acceptors (Lipinski definition) is 0. The zero-order valence-corrected chi connectivity index (χ0v) is 39.3. The van der Waals surface area contributed by atoms with Gasteiger partial charge in [-0.15, -0.1) is 0 Å². The number of aromatic nitrogens is 3. The van der Waals surface area contributed by atoms with E-state index < -0.39 is 8.07 Å². The fourth-order valence-electron chi connectivity index (χ4n) is 11.9. The highest BCUT2D eigenvalue weighted by atomic mass is 28.3. The van der Waals surface area contributed by atoms with Crippen LogP contribution in [0, 0.1) is 0 Å². The first-order valence-corrected chi connectivity index (χ1v) is 26.2. The Morgan fingerprint density at radius 1 is 0.243 bits per heavy atom. The smallest absolute Gasteiger partial charge is 0.181 e. The van der Waals surface area contributed by atoms with Crippen molar-refractivity contribution in [3.63, 3.8) is 0 Å². The molecule has 3 heterocycles. The van der Waals surface area contributed by atoms with E-state index >= 15 is 0 Å². The Hall–Kier alpha value is -8.96. The van der Waals surface area contributed by atoms with Gasteiger partial charge in [0.15, 0.2) is 8.07 Å². The summed E-state index contributed by atoms with van der Waals surface area (Å²) in [4.78, 5) is 0. The van der Waals surface area contributed by atoms with Crippen molar-refractivity contribution in [2.75, 3.05) is 0 Å². The molecule has 0 radical (unpaired) electrons. The van der Waals surface area contributed by atoms with Crippen LogP contribution in [-0.4, -0.2) is 21.8 Å². The number of hydrogen-bond donors (Lipinski definition) is 0. The molecule has 0 bridgehead atoms. The van der Waals surface area contributed by atoms with Gasteiger partial charge in [-0.05, 0) is 86.5 Å². The summed E-state index contributed by atoms with van der Waals surface area (Å²) in [6, 6.07) is 102. The maximum Gasteiger partial charge on any atom is 0.181 e. The molecule has 0 atom stereocenters. The Morgan fingerprint density at radius 3 is 1.27 bits per heavy atom. The van der Waals surface area contributed by atoms with Crippen molar-refractivity contribution in [1.82, 2.24) is 13.7 Å². The van der Waals surface area contributed by atoms with Crippen LogP contribution < -0.4 is 20.7 Å². The van der Waals surface area contributed by atoms with Crippen LogP contribution in [0.5, 0.6) is 0 Å². The van der Waals surface area contributed by atoms with Crippen LogP contribution in [0.15, 0.2) is 273 Å². The Kier molecular flexibility index (Phi) is 9.23. The summed E-state index contributed by atoms with van der Waals surface area (Å²) in [7, 11) is -3.09. The molecule has 0 aliphatic heterocycles. The second-order valence-corrected chi connectivity index (χ2v) is 22.2. The Balaban J connectivity index is 1.16. The van der Waals surface area contributed by atoms with E-state index in [4.69, 9.17) is 0 Å². The molecule has 0 aliphatic rings. The molecule has 11 aromatic carbocycles. The molecule has 0 N–H and O–H groups in total. The van der Waals surface area contributed by atoms with Crippen molar-refractivity contribution in [3.8, 4) is 28.2 Å². The van der Waals surface area contributed by atoms with Gasteiger partial charge >= 0.3 is 0 Å². The molecule has 4 heteroatoms. The number of nitrogens with zero attached hydrogens (tertiary/aromatic N) is 3. The molecule has 0 spiro atoms. The third-order valence-corrected chi connectivity index (χ3v) is 19.6. The lowest BCUT2D eigenvalue weighted by Crippen LogP contribution is -2.75. The highest BCUT2D eigenvalue weighted by Gasteiger charge is 2.43. The Bertz CT molecular complexity index is 4130. The normalized spacial score (nSPS) is 12.0. The van der Waals surface area contributed by atoms with E-state index in [2.05, 4.69) is 287 Å². The van der Waals surface area contributed by atoms with E-state index in [0.29, 0.717) is 0 Å². The summed E-state index contributed by atoms with van der Waals surface area (Å²) in [6.07, 6.45) is 0. The molecule has 0 saturated carbocycles. The van der Waals surface area contributed by atoms with Crippen LogP contribution in [0.4, 0.5) is 0 Å². The van der Waals surface area contributed by atoms with Gasteiger partial charge in [-0.1, -0.05) is 218 Å². The quantitative estimate of drug-likeness (QED) is 0.107. The Morgan fingerprint density at radius 2 is 0.671 bits per heavy atom. The van der Waals surface area contributed by atoms with Crippen molar-refractivity contribution in [2.45, 2.75) is 0 Å². The molecule has 14 rings (SSSR count). The molecule has 0 saturated heterocycles. The minimum Gasteiger partial charge on any atom is -0.309 e. The summed E-state index contributed by atoms with van der Waals surface area (Å²) in [5.41, 5.74) is 12.9. The summed E-state index contributed by atoms with van der Waals surface area (Å²) in [6.45, 7) is 0. The summed E-state index contributed by atoms with van der Waals surface area (Å²) < 4.78 is 7.59. The second-order valence-electron chi connectivity index (χ2n) is 18.4. The fraction of sp³-hybridized carbons (Fsp3) is 0. The molecule has 0 amide bonds. The van der Waals surface area contributed by atoms with Crippen molar-refractivity contribution in [3.05, 3.63) is 273 Å². The van der Waals surface area contributed by atoms with E-state index in [1.165, 1.54) is 91.8 Å². The van der Waals surface area contributed by atoms with Gasteiger partial charge in [-0.2, -0.15) is 0 Å². The van der Waals surface area contributed by atoms with Gasteiger partial charge in [-0.3, -0.25) is 0 Å². The maximum atomic E-state index is 2.63. The van der Waals surface area contributed by atoms with Gasteiger partial charge in [0, 0.05) is 43.7 Å². The molecule has 328 valence electrons. The molecule has 0 fully saturated rings. The first kappa shape index (κ1) is 40.1. The predicted octanol–water partition coefficient (Wildman–Crippen LogP) is 14.0. The first-order valence-electron chi connectivity index (χ1n) is 24.2. The highest BCUT2D eigenvalue weighted by molar-refractivity contribution is 7.20. The third kappa shape index (κ3) is 5.94. The van der Waals surface area contributed by atoms with Gasteiger partial charge in [-0.25, -0.2) is 0 Å². The van der Waals surface area contributed by atoms with E-state index in [9.17, 15) is 0 Å². The minimum absolute atomic E-state index is 1.12. The highest BCUT2D eigenvalue weighted by Crippen LogP contribution is 2.42. The van der Waals surface area contributed by atoms with Gasteiger partial charge in [0.2, 0.25) is 0 Å². The Labute approximate surface area is 407 Å². The van der Waals surface area contributed by atoms with Crippen LogP contribution >= 0.6 is 0 Å². The van der Waals surface area contributed by atoms with Crippen LogP contribution in [0.25, 0.3) is 93.6 Å². The standard InChI is InChI=1S/C66H45N3Si/c1-5-22-46(23-6-1)47-24-19-25-48(44-47)68-61-39-18-15-34-55(61)56-35-20-40-63(65(56)68)69-62-43-42-49(67-59-37-16-13-32-53(59)54-33-14-17-38-60(54)67)45-58(62)57-36-21-41-64(66(57)69)70(50-26-7-2-8-27-50,51-28-9-3-10-29-51)52-30-11-4-12-31-52/h1-45H. The number of benzene rings is 11. The summed E-state index contributed by atoms with van der Waals surface area (Å²) >= 11 is 0. The summed E-state index contributed by atoms with van der Waals surface area (Å²) in [5, 5.41) is 12.7. The van der Waals surface area contributed by atoms with Gasteiger partial charge in [0.25, 0.3) is 0 Å². The predicted molar refractivity (Wildman–Crippen MR) is 299 cm³/mol. The van der Waals surface area contributed by atoms with Crippen molar-refractivity contribution >= 4 is 94.2 Å². The van der Waals surface area contributed by atoms with Crippen LogP contribution in [0.3, 0.4) is 0 Å². The molecule has 3 aromatic heterocycles. The van der Waals surface area contributed by atoms with Crippen molar-refractivity contribution < 1.29 is 0 Å². The van der Waals surface area contributed by atoms with Crippen LogP contribution in [0.1, 0.15) is 0 Å². The van der Waals surface area contributed by atoms with Crippen molar-refractivity contribution in [2.24, 2.45) is 0 Å². The van der Waals surface area contributed by atoms with Gasteiger partial charge in [0.1, 0.15) is 0 Å². The average molecular weight is 908 g/mol.